The quantitative estimate of drug-likeness (QED) is 0.510. The number of carbonyl (C=O) groups excluding carboxylic acids is 1. The third kappa shape index (κ3) is 3.23. The van der Waals surface area contributed by atoms with Gasteiger partial charge in [0.05, 0.1) is 12.0 Å². The molecular weight excluding hydrogens is 316 g/mol. The van der Waals surface area contributed by atoms with Crippen LogP contribution in [0.15, 0.2) is 22.7 Å². The summed E-state index contributed by atoms with van der Waals surface area (Å²) in [6.07, 6.45) is 1.86. The van der Waals surface area contributed by atoms with Gasteiger partial charge in [0.1, 0.15) is 11.7 Å². The van der Waals surface area contributed by atoms with Crippen molar-refractivity contribution in [3.05, 3.63) is 32.8 Å². The number of rotatable bonds is 5. The van der Waals surface area contributed by atoms with Crippen molar-refractivity contribution in [2.24, 2.45) is 5.92 Å². The van der Waals surface area contributed by atoms with E-state index >= 15 is 0 Å². The lowest BCUT2D eigenvalue weighted by molar-refractivity contribution is -0.384. The molecular formula is C12H13BrN2O4. The van der Waals surface area contributed by atoms with Crippen LogP contribution >= 0.6 is 15.9 Å². The first-order valence-corrected chi connectivity index (χ1v) is 6.60. The minimum Gasteiger partial charge on any atom is -0.467 e. The van der Waals surface area contributed by atoms with E-state index in [-0.39, 0.29) is 17.6 Å². The van der Waals surface area contributed by atoms with Crippen LogP contribution in [0.3, 0.4) is 0 Å². The Bertz CT molecular complexity index is 516. The second kappa shape index (κ2) is 5.56. The van der Waals surface area contributed by atoms with Gasteiger partial charge in [0.15, 0.2) is 0 Å². The number of carbonyl (C=O) groups is 1. The van der Waals surface area contributed by atoms with E-state index in [0.717, 1.165) is 12.8 Å². The number of nitrogens with one attached hydrogen (secondary N) is 1. The Balaban J connectivity index is 2.26. The fraction of sp³-hybridized carbons (Fsp3) is 0.417. The zero-order valence-corrected chi connectivity index (χ0v) is 11.8. The molecule has 7 heteroatoms. The summed E-state index contributed by atoms with van der Waals surface area (Å²) in [6, 6.07) is 4.16. The molecule has 19 heavy (non-hydrogen) atoms. The molecule has 0 aromatic heterocycles. The van der Waals surface area contributed by atoms with Crippen LogP contribution in [0.5, 0.6) is 0 Å². The predicted octanol–water partition coefficient (Wildman–Crippen LogP) is 2.72. The van der Waals surface area contributed by atoms with Gasteiger partial charge in [0, 0.05) is 10.5 Å². The minimum absolute atomic E-state index is 0.0658. The molecule has 1 unspecified atom stereocenters. The van der Waals surface area contributed by atoms with Crippen LogP contribution in [-0.2, 0) is 9.53 Å². The van der Waals surface area contributed by atoms with Gasteiger partial charge in [0.2, 0.25) is 0 Å². The second-order valence-electron chi connectivity index (χ2n) is 4.40. The Labute approximate surface area is 118 Å². The highest BCUT2D eigenvalue weighted by Crippen LogP contribution is 2.37. The number of nitro benzene ring substituents is 1. The van der Waals surface area contributed by atoms with E-state index in [2.05, 4.69) is 21.2 Å². The van der Waals surface area contributed by atoms with E-state index in [1.54, 1.807) is 12.1 Å². The second-order valence-corrected chi connectivity index (χ2v) is 5.32. The molecule has 1 atom stereocenters. The molecule has 0 spiro atoms. The smallest absolute Gasteiger partial charge is 0.328 e. The Morgan fingerprint density at radius 2 is 2.26 bits per heavy atom. The molecule has 0 radical (unpaired) electrons. The Morgan fingerprint density at radius 3 is 2.79 bits per heavy atom. The van der Waals surface area contributed by atoms with E-state index in [0.29, 0.717) is 10.2 Å². The Morgan fingerprint density at radius 1 is 1.58 bits per heavy atom. The van der Waals surface area contributed by atoms with Crippen molar-refractivity contribution in [3.8, 4) is 0 Å². The SMILES string of the molecule is COC(=O)C(Nc1ccc(Br)cc1[N+](=O)[O-])C1CC1. The average molecular weight is 329 g/mol. The van der Waals surface area contributed by atoms with Crippen LogP contribution < -0.4 is 5.32 Å². The lowest BCUT2D eigenvalue weighted by Crippen LogP contribution is -2.32. The van der Waals surface area contributed by atoms with E-state index in [1.807, 2.05) is 0 Å². The van der Waals surface area contributed by atoms with E-state index in [4.69, 9.17) is 4.74 Å². The molecule has 1 saturated carbocycles. The fourth-order valence-corrected chi connectivity index (χ4v) is 2.22. The molecule has 2 rings (SSSR count). The number of hydrogen-bond acceptors (Lipinski definition) is 5. The number of ether oxygens (including phenoxy) is 1. The summed E-state index contributed by atoms with van der Waals surface area (Å²) in [5, 5.41) is 13.9. The summed E-state index contributed by atoms with van der Waals surface area (Å²) in [6.45, 7) is 0. The van der Waals surface area contributed by atoms with Gasteiger partial charge in [-0.25, -0.2) is 4.79 Å². The monoisotopic (exact) mass is 328 g/mol. The number of anilines is 1. The molecule has 0 heterocycles. The predicted molar refractivity (Wildman–Crippen MR) is 72.9 cm³/mol. The number of esters is 1. The summed E-state index contributed by atoms with van der Waals surface area (Å²) >= 11 is 3.19. The first-order valence-electron chi connectivity index (χ1n) is 5.81. The van der Waals surface area contributed by atoms with Crippen LogP contribution in [0, 0.1) is 16.0 Å². The number of halogens is 1. The first-order chi connectivity index (χ1) is 9.02. The number of nitrogens with zero attached hydrogens (tertiary/aromatic N) is 1. The number of nitro groups is 1. The summed E-state index contributed by atoms with van der Waals surface area (Å²) < 4.78 is 5.35. The molecule has 0 amide bonds. The maximum atomic E-state index is 11.7. The molecule has 1 aliphatic rings. The highest BCUT2D eigenvalue weighted by Gasteiger charge is 2.38. The highest BCUT2D eigenvalue weighted by molar-refractivity contribution is 9.10. The molecule has 1 aromatic rings. The third-order valence-electron chi connectivity index (χ3n) is 3.02. The maximum Gasteiger partial charge on any atom is 0.328 e. The van der Waals surface area contributed by atoms with Gasteiger partial charge in [-0.2, -0.15) is 0 Å². The molecule has 6 nitrogen and oxygen atoms in total. The molecule has 0 aliphatic heterocycles. The largest absolute Gasteiger partial charge is 0.467 e. The van der Waals surface area contributed by atoms with Crippen molar-refractivity contribution >= 4 is 33.3 Å². The fourth-order valence-electron chi connectivity index (χ4n) is 1.87. The highest BCUT2D eigenvalue weighted by atomic mass is 79.9. The number of methoxy groups -OCH3 is 1. The van der Waals surface area contributed by atoms with Gasteiger partial charge in [-0.1, -0.05) is 15.9 Å². The molecule has 1 fully saturated rings. The molecule has 0 saturated heterocycles. The summed E-state index contributed by atoms with van der Waals surface area (Å²) in [7, 11) is 1.31. The van der Waals surface area contributed by atoms with Crippen LogP contribution in [0.2, 0.25) is 0 Å². The summed E-state index contributed by atoms with van der Waals surface area (Å²) in [4.78, 5) is 22.2. The zero-order valence-electron chi connectivity index (χ0n) is 10.3. The van der Waals surface area contributed by atoms with E-state index in [9.17, 15) is 14.9 Å². The van der Waals surface area contributed by atoms with E-state index < -0.39 is 11.0 Å². The van der Waals surface area contributed by atoms with Crippen molar-refractivity contribution in [1.82, 2.24) is 0 Å². The van der Waals surface area contributed by atoms with E-state index in [1.165, 1.54) is 13.2 Å². The van der Waals surface area contributed by atoms with Gasteiger partial charge >= 0.3 is 5.97 Å². The van der Waals surface area contributed by atoms with Crippen molar-refractivity contribution in [1.29, 1.82) is 0 Å². The minimum atomic E-state index is -0.523. The van der Waals surface area contributed by atoms with Gasteiger partial charge in [-0.3, -0.25) is 10.1 Å². The maximum absolute atomic E-state index is 11.7. The van der Waals surface area contributed by atoms with Crippen molar-refractivity contribution in [2.45, 2.75) is 18.9 Å². The van der Waals surface area contributed by atoms with Gasteiger partial charge in [-0.15, -0.1) is 0 Å². The van der Waals surface area contributed by atoms with Crippen LogP contribution in [0.4, 0.5) is 11.4 Å². The van der Waals surface area contributed by atoms with Crippen molar-refractivity contribution in [2.75, 3.05) is 12.4 Å². The Kier molecular flexibility index (Phi) is 4.04. The number of benzene rings is 1. The van der Waals surface area contributed by atoms with Crippen molar-refractivity contribution in [3.63, 3.8) is 0 Å². The summed E-state index contributed by atoms with van der Waals surface area (Å²) in [5.74, 6) is -0.199. The lowest BCUT2D eigenvalue weighted by atomic mass is 10.1. The zero-order chi connectivity index (χ0) is 14.0. The van der Waals surface area contributed by atoms with Crippen LogP contribution in [0.1, 0.15) is 12.8 Å². The van der Waals surface area contributed by atoms with Gasteiger partial charge in [0.25, 0.3) is 5.69 Å². The third-order valence-corrected chi connectivity index (χ3v) is 3.51. The van der Waals surface area contributed by atoms with Crippen molar-refractivity contribution < 1.29 is 14.5 Å². The molecule has 1 aliphatic carbocycles. The number of hydrogen-bond donors (Lipinski definition) is 1. The Hall–Kier alpha value is -1.63. The lowest BCUT2D eigenvalue weighted by Gasteiger charge is -2.17. The average Bonchev–Trinajstić information content (AvgIpc) is 3.20. The topological polar surface area (TPSA) is 81.5 Å². The normalized spacial score (nSPS) is 15.7. The van der Waals surface area contributed by atoms with Crippen LogP contribution in [0.25, 0.3) is 0 Å². The first kappa shape index (κ1) is 13.8. The summed E-state index contributed by atoms with van der Waals surface area (Å²) in [5.41, 5.74) is 0.263. The molecule has 102 valence electrons. The molecule has 1 N–H and O–H groups in total. The molecule has 1 aromatic carbocycles. The standard InChI is InChI=1S/C12H13BrN2O4/c1-19-12(16)11(7-2-3-7)14-9-5-4-8(13)6-10(9)15(17)18/h4-7,11,14H,2-3H2,1H3. The van der Waals surface area contributed by atoms with Gasteiger partial charge < -0.3 is 10.1 Å². The molecule has 0 bridgehead atoms. The van der Waals surface area contributed by atoms with Crippen LogP contribution in [-0.4, -0.2) is 24.0 Å². The van der Waals surface area contributed by atoms with Gasteiger partial charge in [-0.05, 0) is 30.9 Å².